The van der Waals surface area contributed by atoms with Gasteiger partial charge in [-0.3, -0.25) is 4.90 Å². The van der Waals surface area contributed by atoms with Crippen molar-refractivity contribution in [3.63, 3.8) is 0 Å². The first-order valence-corrected chi connectivity index (χ1v) is 8.37. The van der Waals surface area contributed by atoms with Crippen molar-refractivity contribution in [2.24, 2.45) is 11.3 Å². The van der Waals surface area contributed by atoms with E-state index in [0.29, 0.717) is 11.5 Å². The number of rotatable bonds is 5. The lowest BCUT2D eigenvalue weighted by atomic mass is 9.75. The predicted molar refractivity (Wildman–Crippen MR) is 88.1 cm³/mol. The van der Waals surface area contributed by atoms with Gasteiger partial charge in [0.05, 0.1) is 12.8 Å². The summed E-state index contributed by atoms with van der Waals surface area (Å²) in [5.74, 6) is 1.99. The minimum Gasteiger partial charge on any atom is -0.468 e. The van der Waals surface area contributed by atoms with Gasteiger partial charge in [-0.2, -0.15) is 0 Å². The van der Waals surface area contributed by atoms with Crippen molar-refractivity contribution in [3.05, 3.63) is 23.7 Å². The minimum absolute atomic E-state index is 0.448. The third kappa shape index (κ3) is 4.86. The molecule has 1 N–H and O–H groups in total. The normalized spacial score (nSPS) is 18.6. The molecule has 1 saturated heterocycles. The van der Waals surface area contributed by atoms with Crippen LogP contribution in [0.3, 0.4) is 0 Å². The summed E-state index contributed by atoms with van der Waals surface area (Å²) in [6.45, 7) is 15.7. The second-order valence-corrected chi connectivity index (χ2v) is 7.82. The quantitative estimate of drug-likeness (QED) is 0.888. The maximum absolute atomic E-state index is 5.71. The third-order valence-electron chi connectivity index (χ3n) is 4.72. The highest BCUT2D eigenvalue weighted by Crippen LogP contribution is 2.34. The Morgan fingerprint density at radius 2 is 1.95 bits per heavy atom. The zero-order chi connectivity index (χ0) is 15.5. The van der Waals surface area contributed by atoms with Gasteiger partial charge in [-0.25, -0.2) is 0 Å². The highest BCUT2D eigenvalue weighted by molar-refractivity contribution is 5.17. The maximum atomic E-state index is 5.71. The summed E-state index contributed by atoms with van der Waals surface area (Å²) < 4.78 is 5.71. The summed E-state index contributed by atoms with van der Waals surface area (Å²) in [7, 11) is 0. The average molecular weight is 292 g/mol. The Morgan fingerprint density at radius 1 is 1.29 bits per heavy atom. The Labute approximate surface area is 130 Å². The van der Waals surface area contributed by atoms with Gasteiger partial charge in [-0.15, -0.1) is 0 Å². The van der Waals surface area contributed by atoms with Crippen LogP contribution in [-0.4, -0.2) is 24.0 Å². The van der Waals surface area contributed by atoms with Crippen molar-refractivity contribution in [3.8, 4) is 0 Å². The molecule has 0 aromatic carbocycles. The minimum atomic E-state index is 0.448. The standard InChI is InChI=1S/C18H32N2O/c1-14(2)19-12-15-8-11-21-17(15)13-20-9-6-16(7-10-20)18(3,4)5/h8,11,14,16,19H,6-7,9-10,12-13H2,1-5H3. The number of hydrogen-bond acceptors (Lipinski definition) is 3. The Balaban J connectivity index is 1.85. The molecule has 0 bridgehead atoms. The molecule has 1 fully saturated rings. The lowest BCUT2D eigenvalue weighted by Gasteiger charge is -2.38. The fourth-order valence-corrected chi connectivity index (χ4v) is 3.14. The molecule has 0 aliphatic carbocycles. The largest absolute Gasteiger partial charge is 0.468 e. The van der Waals surface area contributed by atoms with Crippen LogP contribution in [0.4, 0.5) is 0 Å². The van der Waals surface area contributed by atoms with Crippen LogP contribution in [0.1, 0.15) is 58.8 Å². The van der Waals surface area contributed by atoms with Crippen LogP contribution in [0, 0.1) is 11.3 Å². The van der Waals surface area contributed by atoms with Gasteiger partial charge < -0.3 is 9.73 Å². The smallest absolute Gasteiger partial charge is 0.122 e. The number of hydrogen-bond donors (Lipinski definition) is 1. The van der Waals surface area contributed by atoms with Gasteiger partial charge in [-0.05, 0) is 43.3 Å². The Morgan fingerprint density at radius 3 is 2.52 bits per heavy atom. The van der Waals surface area contributed by atoms with Crippen LogP contribution in [0.15, 0.2) is 16.7 Å². The highest BCUT2D eigenvalue weighted by atomic mass is 16.3. The molecule has 21 heavy (non-hydrogen) atoms. The third-order valence-corrected chi connectivity index (χ3v) is 4.72. The van der Waals surface area contributed by atoms with Crippen LogP contribution < -0.4 is 5.32 Å². The van der Waals surface area contributed by atoms with Gasteiger partial charge in [0, 0.05) is 18.2 Å². The first-order chi connectivity index (χ1) is 9.86. The van der Waals surface area contributed by atoms with Crippen molar-refractivity contribution in [2.75, 3.05) is 13.1 Å². The highest BCUT2D eigenvalue weighted by Gasteiger charge is 2.29. The summed E-state index contributed by atoms with van der Waals surface area (Å²) in [6, 6.07) is 2.61. The summed E-state index contributed by atoms with van der Waals surface area (Å²) in [4.78, 5) is 2.54. The van der Waals surface area contributed by atoms with E-state index >= 15 is 0 Å². The SMILES string of the molecule is CC(C)NCc1ccoc1CN1CCC(C(C)(C)C)CC1. The zero-order valence-corrected chi connectivity index (χ0v) is 14.4. The molecule has 1 aliphatic rings. The van der Waals surface area contributed by atoms with Gasteiger partial charge >= 0.3 is 0 Å². The van der Waals surface area contributed by atoms with Gasteiger partial charge in [0.25, 0.3) is 0 Å². The molecule has 1 aromatic rings. The van der Waals surface area contributed by atoms with E-state index < -0.39 is 0 Å². The van der Waals surface area contributed by atoms with E-state index in [1.54, 1.807) is 0 Å². The van der Waals surface area contributed by atoms with Gasteiger partial charge in [0.1, 0.15) is 5.76 Å². The number of furan rings is 1. The summed E-state index contributed by atoms with van der Waals surface area (Å²) in [5.41, 5.74) is 1.75. The fourth-order valence-electron chi connectivity index (χ4n) is 3.14. The van der Waals surface area contributed by atoms with E-state index in [1.807, 2.05) is 6.26 Å². The maximum Gasteiger partial charge on any atom is 0.122 e. The molecule has 0 saturated carbocycles. The van der Waals surface area contributed by atoms with Crippen LogP contribution in [0.5, 0.6) is 0 Å². The molecule has 1 aliphatic heterocycles. The molecule has 0 spiro atoms. The van der Waals surface area contributed by atoms with Gasteiger partial charge in [-0.1, -0.05) is 34.6 Å². The van der Waals surface area contributed by atoms with Crippen molar-refractivity contribution in [1.82, 2.24) is 10.2 Å². The number of likely N-dealkylation sites (tertiary alicyclic amines) is 1. The predicted octanol–water partition coefficient (Wildman–Crippen LogP) is 4.04. The van der Waals surface area contributed by atoms with E-state index in [0.717, 1.165) is 24.8 Å². The summed E-state index contributed by atoms with van der Waals surface area (Å²) >= 11 is 0. The Kier molecular flexibility index (Phi) is 5.50. The zero-order valence-electron chi connectivity index (χ0n) is 14.4. The van der Waals surface area contributed by atoms with Gasteiger partial charge in [0.2, 0.25) is 0 Å². The van der Waals surface area contributed by atoms with Crippen molar-refractivity contribution in [1.29, 1.82) is 0 Å². The van der Waals surface area contributed by atoms with E-state index in [4.69, 9.17) is 4.42 Å². The topological polar surface area (TPSA) is 28.4 Å². The molecule has 120 valence electrons. The van der Waals surface area contributed by atoms with Crippen LogP contribution in [-0.2, 0) is 13.1 Å². The Hall–Kier alpha value is -0.800. The number of piperidine rings is 1. The average Bonchev–Trinajstić information content (AvgIpc) is 2.83. The van der Waals surface area contributed by atoms with Crippen molar-refractivity contribution >= 4 is 0 Å². The molecule has 0 unspecified atom stereocenters. The van der Waals surface area contributed by atoms with Crippen LogP contribution in [0.2, 0.25) is 0 Å². The molecular weight excluding hydrogens is 260 g/mol. The molecule has 3 nitrogen and oxygen atoms in total. The second kappa shape index (κ2) is 6.97. The molecular formula is C18H32N2O. The molecule has 0 atom stereocenters. The molecule has 2 heterocycles. The fraction of sp³-hybridized carbons (Fsp3) is 0.778. The Bertz CT molecular complexity index is 423. The summed E-state index contributed by atoms with van der Waals surface area (Å²) in [5, 5.41) is 3.47. The van der Waals surface area contributed by atoms with Crippen molar-refractivity contribution in [2.45, 2.75) is 66.6 Å². The molecule has 0 radical (unpaired) electrons. The number of nitrogens with zero attached hydrogens (tertiary/aromatic N) is 1. The molecule has 0 amide bonds. The van der Waals surface area contributed by atoms with Gasteiger partial charge in [0.15, 0.2) is 0 Å². The lowest BCUT2D eigenvalue weighted by Crippen LogP contribution is -2.37. The van der Waals surface area contributed by atoms with E-state index in [9.17, 15) is 0 Å². The van der Waals surface area contributed by atoms with Crippen LogP contribution in [0.25, 0.3) is 0 Å². The molecule has 2 rings (SSSR count). The second-order valence-electron chi connectivity index (χ2n) is 7.82. The monoisotopic (exact) mass is 292 g/mol. The van der Waals surface area contributed by atoms with E-state index in [-0.39, 0.29) is 0 Å². The molecule has 1 aromatic heterocycles. The van der Waals surface area contributed by atoms with E-state index in [2.05, 4.69) is 50.9 Å². The first kappa shape index (κ1) is 16.6. The first-order valence-electron chi connectivity index (χ1n) is 8.37. The van der Waals surface area contributed by atoms with Crippen LogP contribution >= 0.6 is 0 Å². The molecule has 3 heteroatoms. The summed E-state index contributed by atoms with van der Waals surface area (Å²) in [6.07, 6.45) is 4.45. The van der Waals surface area contributed by atoms with E-state index in [1.165, 1.54) is 31.5 Å². The lowest BCUT2D eigenvalue weighted by molar-refractivity contribution is 0.103. The number of nitrogens with one attached hydrogen (secondary N) is 1. The van der Waals surface area contributed by atoms with Crippen molar-refractivity contribution < 1.29 is 4.42 Å².